The summed E-state index contributed by atoms with van der Waals surface area (Å²) in [6.45, 7) is 5.94. The first-order valence-corrected chi connectivity index (χ1v) is 7.36. The predicted molar refractivity (Wildman–Crippen MR) is 91.2 cm³/mol. The third-order valence-corrected chi connectivity index (χ3v) is 3.43. The molecule has 0 spiro atoms. The Morgan fingerprint density at radius 1 is 1.13 bits per heavy atom. The predicted octanol–water partition coefficient (Wildman–Crippen LogP) is 3.39. The molecule has 0 saturated carbocycles. The van der Waals surface area contributed by atoms with Crippen LogP contribution in [-0.2, 0) is 4.79 Å². The zero-order valence-corrected chi connectivity index (χ0v) is 13.5. The molecular weight excluding hydrogens is 293 g/mol. The molecule has 0 aromatic heterocycles. The Balaban J connectivity index is 1.92. The van der Waals surface area contributed by atoms with E-state index in [0.717, 1.165) is 22.4 Å². The molecule has 0 aliphatic heterocycles. The SMILES string of the molecule is C/C(=N/NC(=O)CNc1ccc(F)cc1)c1cc(C)ccc1C. The van der Waals surface area contributed by atoms with E-state index < -0.39 is 0 Å². The lowest BCUT2D eigenvalue weighted by molar-refractivity contribution is -0.119. The number of anilines is 1. The molecule has 0 atom stereocenters. The second kappa shape index (κ2) is 7.54. The summed E-state index contributed by atoms with van der Waals surface area (Å²) in [7, 11) is 0. The molecule has 0 fully saturated rings. The van der Waals surface area contributed by atoms with Gasteiger partial charge in [0.05, 0.1) is 12.3 Å². The highest BCUT2D eigenvalue weighted by atomic mass is 19.1. The Bertz CT molecular complexity index is 724. The average Bonchev–Trinajstić information content (AvgIpc) is 2.54. The Morgan fingerprint density at radius 2 is 1.83 bits per heavy atom. The van der Waals surface area contributed by atoms with Crippen LogP contribution in [0.3, 0.4) is 0 Å². The van der Waals surface area contributed by atoms with Gasteiger partial charge in [-0.3, -0.25) is 4.79 Å². The number of hydrogen-bond donors (Lipinski definition) is 2. The van der Waals surface area contributed by atoms with Crippen LogP contribution < -0.4 is 10.7 Å². The second-order valence-corrected chi connectivity index (χ2v) is 5.41. The van der Waals surface area contributed by atoms with Gasteiger partial charge in [0.1, 0.15) is 5.82 Å². The van der Waals surface area contributed by atoms with Gasteiger partial charge >= 0.3 is 0 Å². The van der Waals surface area contributed by atoms with E-state index in [-0.39, 0.29) is 18.3 Å². The molecule has 2 rings (SSSR count). The maximum absolute atomic E-state index is 12.8. The largest absolute Gasteiger partial charge is 0.376 e. The lowest BCUT2D eigenvalue weighted by Gasteiger charge is -2.08. The van der Waals surface area contributed by atoms with Gasteiger partial charge in [0.25, 0.3) is 5.91 Å². The molecule has 2 aromatic carbocycles. The van der Waals surface area contributed by atoms with E-state index in [0.29, 0.717) is 5.69 Å². The van der Waals surface area contributed by atoms with Crippen molar-refractivity contribution in [2.75, 3.05) is 11.9 Å². The van der Waals surface area contributed by atoms with Gasteiger partial charge < -0.3 is 5.32 Å². The number of carbonyl (C=O) groups excluding carboxylic acids is 1. The summed E-state index contributed by atoms with van der Waals surface area (Å²) in [5.74, 6) is -0.576. The number of benzene rings is 2. The minimum Gasteiger partial charge on any atom is -0.376 e. The zero-order valence-electron chi connectivity index (χ0n) is 13.5. The van der Waals surface area contributed by atoms with Crippen molar-refractivity contribution < 1.29 is 9.18 Å². The fraction of sp³-hybridized carbons (Fsp3) is 0.222. The first kappa shape index (κ1) is 16.7. The number of aryl methyl sites for hydroxylation is 2. The van der Waals surface area contributed by atoms with E-state index in [1.807, 2.05) is 39.0 Å². The minimum absolute atomic E-state index is 0.0647. The smallest absolute Gasteiger partial charge is 0.259 e. The highest BCUT2D eigenvalue weighted by Crippen LogP contribution is 2.11. The molecule has 120 valence electrons. The summed E-state index contributed by atoms with van der Waals surface area (Å²) in [4.78, 5) is 11.8. The van der Waals surface area contributed by atoms with Crippen LogP contribution in [0.15, 0.2) is 47.6 Å². The highest BCUT2D eigenvalue weighted by molar-refractivity contribution is 6.00. The lowest BCUT2D eigenvalue weighted by Crippen LogP contribution is -2.26. The van der Waals surface area contributed by atoms with E-state index in [9.17, 15) is 9.18 Å². The summed E-state index contributed by atoms with van der Waals surface area (Å²) in [6.07, 6.45) is 0. The average molecular weight is 313 g/mol. The molecular formula is C18H20FN3O. The molecule has 0 radical (unpaired) electrons. The molecule has 0 bridgehead atoms. The minimum atomic E-state index is -0.311. The van der Waals surface area contributed by atoms with Crippen molar-refractivity contribution >= 4 is 17.3 Å². The quantitative estimate of drug-likeness (QED) is 0.656. The summed E-state index contributed by atoms with van der Waals surface area (Å²) < 4.78 is 12.8. The number of amides is 1. The molecule has 0 aliphatic carbocycles. The molecule has 2 aromatic rings. The number of nitrogens with one attached hydrogen (secondary N) is 2. The molecule has 0 saturated heterocycles. The molecule has 5 heteroatoms. The molecule has 2 N–H and O–H groups in total. The van der Waals surface area contributed by atoms with Gasteiger partial charge in [0.2, 0.25) is 0 Å². The third-order valence-electron chi connectivity index (χ3n) is 3.43. The Hall–Kier alpha value is -2.69. The number of rotatable bonds is 5. The van der Waals surface area contributed by atoms with Crippen molar-refractivity contribution in [3.05, 3.63) is 65.0 Å². The van der Waals surface area contributed by atoms with E-state index in [1.54, 1.807) is 12.1 Å². The topological polar surface area (TPSA) is 53.5 Å². The number of halogens is 1. The van der Waals surface area contributed by atoms with Crippen LogP contribution in [0.2, 0.25) is 0 Å². The maximum atomic E-state index is 12.8. The van der Waals surface area contributed by atoms with Gasteiger partial charge in [0.15, 0.2) is 0 Å². The van der Waals surface area contributed by atoms with E-state index in [2.05, 4.69) is 15.8 Å². The lowest BCUT2D eigenvalue weighted by atomic mass is 10.0. The molecule has 1 amide bonds. The van der Waals surface area contributed by atoms with Crippen LogP contribution in [-0.4, -0.2) is 18.2 Å². The van der Waals surface area contributed by atoms with E-state index in [4.69, 9.17) is 0 Å². The van der Waals surface area contributed by atoms with Crippen LogP contribution in [0, 0.1) is 19.7 Å². The van der Waals surface area contributed by atoms with Crippen molar-refractivity contribution in [2.24, 2.45) is 5.10 Å². The van der Waals surface area contributed by atoms with Crippen LogP contribution >= 0.6 is 0 Å². The van der Waals surface area contributed by atoms with Gasteiger partial charge in [-0.05, 0) is 56.7 Å². The fourth-order valence-electron chi connectivity index (χ4n) is 2.12. The first-order valence-electron chi connectivity index (χ1n) is 7.36. The monoisotopic (exact) mass is 313 g/mol. The standard InChI is InChI=1S/C18H20FN3O/c1-12-4-5-13(2)17(10-12)14(3)21-22-18(23)11-20-16-8-6-15(19)7-9-16/h4-10,20H,11H2,1-3H3,(H,22,23)/b21-14-. The summed E-state index contributed by atoms with van der Waals surface area (Å²) in [5, 5.41) is 7.05. The number of hydrazone groups is 1. The van der Waals surface area contributed by atoms with Crippen molar-refractivity contribution in [3.8, 4) is 0 Å². The highest BCUT2D eigenvalue weighted by Gasteiger charge is 2.04. The molecule has 23 heavy (non-hydrogen) atoms. The number of nitrogens with zero attached hydrogens (tertiary/aromatic N) is 1. The van der Waals surface area contributed by atoms with Gasteiger partial charge in [0, 0.05) is 11.3 Å². The molecule has 0 aliphatic rings. The van der Waals surface area contributed by atoms with Crippen LogP contribution in [0.4, 0.5) is 10.1 Å². The van der Waals surface area contributed by atoms with Gasteiger partial charge in [-0.2, -0.15) is 5.10 Å². The van der Waals surface area contributed by atoms with Gasteiger partial charge in [-0.15, -0.1) is 0 Å². The van der Waals surface area contributed by atoms with Gasteiger partial charge in [-0.25, -0.2) is 9.82 Å². The van der Waals surface area contributed by atoms with E-state index >= 15 is 0 Å². The second-order valence-electron chi connectivity index (χ2n) is 5.41. The van der Waals surface area contributed by atoms with Crippen molar-refractivity contribution in [2.45, 2.75) is 20.8 Å². The van der Waals surface area contributed by atoms with Gasteiger partial charge in [-0.1, -0.05) is 17.7 Å². The number of hydrogen-bond acceptors (Lipinski definition) is 3. The normalized spacial score (nSPS) is 11.2. The first-order chi connectivity index (χ1) is 11.0. The Labute approximate surface area is 135 Å². The molecule has 0 unspecified atom stereocenters. The Morgan fingerprint density at radius 3 is 2.52 bits per heavy atom. The fourth-order valence-corrected chi connectivity index (χ4v) is 2.12. The Kier molecular flexibility index (Phi) is 5.46. The molecule has 4 nitrogen and oxygen atoms in total. The van der Waals surface area contributed by atoms with Crippen molar-refractivity contribution in [1.82, 2.24) is 5.43 Å². The molecule has 0 heterocycles. The maximum Gasteiger partial charge on any atom is 0.259 e. The summed E-state index contributed by atoms with van der Waals surface area (Å²) >= 11 is 0. The summed E-state index contributed by atoms with van der Waals surface area (Å²) in [6, 6.07) is 11.9. The van der Waals surface area contributed by atoms with E-state index in [1.165, 1.54) is 12.1 Å². The van der Waals surface area contributed by atoms with Crippen LogP contribution in [0.25, 0.3) is 0 Å². The van der Waals surface area contributed by atoms with Crippen LogP contribution in [0.5, 0.6) is 0 Å². The van der Waals surface area contributed by atoms with Crippen molar-refractivity contribution in [3.63, 3.8) is 0 Å². The third kappa shape index (κ3) is 4.92. The summed E-state index contributed by atoms with van der Waals surface area (Å²) in [5.41, 5.74) is 7.21. The van der Waals surface area contributed by atoms with Crippen LogP contribution in [0.1, 0.15) is 23.6 Å². The van der Waals surface area contributed by atoms with Crippen molar-refractivity contribution in [1.29, 1.82) is 0 Å². The number of carbonyl (C=O) groups is 1. The zero-order chi connectivity index (χ0) is 16.8.